The second-order valence-electron chi connectivity index (χ2n) is 3.61. The Morgan fingerprint density at radius 3 is 2.25 bits per heavy atom. The molecule has 94 valence electrons. The van der Waals surface area contributed by atoms with E-state index in [0.29, 0.717) is 0 Å². The molecule has 0 aromatic heterocycles. The number of hydrogen-bond acceptors (Lipinski definition) is 3. The number of alkyl halides is 3. The van der Waals surface area contributed by atoms with Crippen molar-refractivity contribution in [1.29, 1.82) is 0 Å². The van der Waals surface area contributed by atoms with Crippen LogP contribution >= 0.6 is 0 Å². The molecule has 0 aliphatic heterocycles. The van der Waals surface area contributed by atoms with Crippen molar-refractivity contribution >= 4 is 16.0 Å². The molecule has 0 heterocycles. The molecule has 2 N–H and O–H groups in total. The number of nitrogens with one attached hydrogen (secondary N) is 1. The summed E-state index contributed by atoms with van der Waals surface area (Å²) in [5, 5.41) is 8.59. The summed E-state index contributed by atoms with van der Waals surface area (Å²) in [7, 11) is -5.37. The summed E-state index contributed by atoms with van der Waals surface area (Å²) in [5.74, 6) is -1.89. The van der Waals surface area contributed by atoms with Crippen molar-refractivity contribution in [2.45, 2.75) is 30.8 Å². The fraction of sp³-hybridized carbons (Fsp3) is 0.857. The molecule has 0 spiro atoms. The van der Waals surface area contributed by atoms with Crippen molar-refractivity contribution in [2.75, 3.05) is 0 Å². The van der Waals surface area contributed by atoms with Gasteiger partial charge in [-0.3, -0.25) is 4.79 Å². The smallest absolute Gasteiger partial charge is 0.481 e. The summed E-state index contributed by atoms with van der Waals surface area (Å²) in [4.78, 5) is 10.5. The zero-order chi connectivity index (χ0) is 12.6. The highest BCUT2D eigenvalue weighted by Crippen LogP contribution is 2.29. The van der Waals surface area contributed by atoms with Gasteiger partial charge >= 0.3 is 21.5 Å². The van der Waals surface area contributed by atoms with E-state index in [2.05, 4.69) is 0 Å². The lowest BCUT2D eigenvalue weighted by molar-refractivity contribution is -0.141. The lowest BCUT2D eigenvalue weighted by Gasteiger charge is -2.14. The van der Waals surface area contributed by atoms with Crippen LogP contribution in [-0.4, -0.2) is 31.0 Å². The molecule has 2 unspecified atom stereocenters. The first-order valence-corrected chi connectivity index (χ1v) is 5.93. The molecule has 5 nitrogen and oxygen atoms in total. The molecule has 0 radical (unpaired) electrons. The number of carboxylic acids is 1. The van der Waals surface area contributed by atoms with Gasteiger partial charge in [0.15, 0.2) is 0 Å². The molecule has 0 aromatic carbocycles. The first-order chi connectivity index (χ1) is 7.13. The molecule has 1 saturated carbocycles. The topological polar surface area (TPSA) is 83.5 Å². The number of aliphatic carboxylic acids is 1. The molecule has 1 aliphatic rings. The minimum absolute atomic E-state index is 0.103. The summed E-state index contributed by atoms with van der Waals surface area (Å²) in [6, 6.07) is -0.951. The lowest BCUT2D eigenvalue weighted by Crippen LogP contribution is -2.41. The van der Waals surface area contributed by atoms with E-state index >= 15 is 0 Å². The fourth-order valence-electron chi connectivity index (χ4n) is 1.60. The van der Waals surface area contributed by atoms with Crippen molar-refractivity contribution in [3.63, 3.8) is 0 Å². The van der Waals surface area contributed by atoms with Crippen LogP contribution in [0.5, 0.6) is 0 Å². The first-order valence-electron chi connectivity index (χ1n) is 4.45. The van der Waals surface area contributed by atoms with E-state index in [1.54, 1.807) is 0 Å². The van der Waals surface area contributed by atoms with Gasteiger partial charge in [-0.2, -0.15) is 13.2 Å². The van der Waals surface area contributed by atoms with Gasteiger partial charge in [-0.25, -0.2) is 13.1 Å². The number of rotatable bonds is 3. The van der Waals surface area contributed by atoms with Crippen LogP contribution in [0.15, 0.2) is 0 Å². The summed E-state index contributed by atoms with van der Waals surface area (Å²) in [6.45, 7) is 0. The quantitative estimate of drug-likeness (QED) is 0.782. The van der Waals surface area contributed by atoms with E-state index in [0.717, 1.165) is 0 Å². The van der Waals surface area contributed by atoms with Crippen LogP contribution in [-0.2, 0) is 14.8 Å². The Morgan fingerprint density at radius 2 is 1.88 bits per heavy atom. The standard InChI is InChI=1S/C7H10F3NO4S/c8-7(9,10)16(14,15)11-5-2-1-4(3-5)6(12)13/h4-5,11H,1-3H2,(H,12,13). The van der Waals surface area contributed by atoms with Crippen LogP contribution in [0.4, 0.5) is 13.2 Å². The van der Waals surface area contributed by atoms with E-state index in [4.69, 9.17) is 5.11 Å². The lowest BCUT2D eigenvalue weighted by atomic mass is 10.1. The van der Waals surface area contributed by atoms with E-state index in [1.807, 2.05) is 0 Å². The zero-order valence-electron chi connectivity index (χ0n) is 7.99. The molecule has 0 amide bonds. The predicted octanol–water partition coefficient (Wildman–Crippen LogP) is 0.679. The molecule has 0 saturated heterocycles. The van der Waals surface area contributed by atoms with E-state index in [9.17, 15) is 26.4 Å². The predicted molar refractivity (Wildman–Crippen MR) is 46.9 cm³/mol. The summed E-state index contributed by atoms with van der Waals surface area (Å²) >= 11 is 0. The summed E-state index contributed by atoms with van der Waals surface area (Å²) in [5.41, 5.74) is -5.35. The third-order valence-electron chi connectivity index (χ3n) is 2.41. The third kappa shape index (κ3) is 2.85. The number of halogens is 3. The molecular formula is C7H10F3NO4S. The number of hydrogen-bond donors (Lipinski definition) is 2. The van der Waals surface area contributed by atoms with Crippen LogP contribution in [0.3, 0.4) is 0 Å². The molecule has 1 aliphatic carbocycles. The molecule has 0 aromatic rings. The monoisotopic (exact) mass is 261 g/mol. The van der Waals surface area contributed by atoms with Crippen LogP contribution in [0, 0.1) is 5.92 Å². The maximum atomic E-state index is 12.0. The Morgan fingerprint density at radius 1 is 1.31 bits per heavy atom. The normalized spacial score (nSPS) is 26.9. The van der Waals surface area contributed by atoms with Gasteiger partial charge in [0.25, 0.3) is 0 Å². The second kappa shape index (κ2) is 4.21. The minimum atomic E-state index is -5.37. The van der Waals surface area contributed by atoms with Crippen molar-refractivity contribution < 1.29 is 31.5 Å². The molecular weight excluding hydrogens is 251 g/mol. The Balaban J connectivity index is 2.62. The van der Waals surface area contributed by atoms with Gasteiger partial charge in [0.05, 0.1) is 5.92 Å². The molecule has 16 heavy (non-hydrogen) atoms. The largest absolute Gasteiger partial charge is 0.511 e. The van der Waals surface area contributed by atoms with Gasteiger partial charge in [0.1, 0.15) is 0 Å². The highest BCUT2D eigenvalue weighted by atomic mass is 32.2. The zero-order valence-corrected chi connectivity index (χ0v) is 8.81. The highest BCUT2D eigenvalue weighted by Gasteiger charge is 2.47. The van der Waals surface area contributed by atoms with Crippen molar-refractivity contribution in [3.8, 4) is 0 Å². The SMILES string of the molecule is O=C(O)C1CCC(NS(=O)(=O)C(F)(F)F)C1. The Kier molecular flexibility index (Phi) is 3.48. The summed E-state index contributed by atoms with van der Waals surface area (Å²) in [6.07, 6.45) is 0.178. The van der Waals surface area contributed by atoms with Crippen LogP contribution in [0.1, 0.15) is 19.3 Å². The second-order valence-corrected chi connectivity index (χ2v) is 5.32. The van der Waals surface area contributed by atoms with Gasteiger partial charge in [-0.1, -0.05) is 0 Å². The number of carbonyl (C=O) groups is 1. The Hall–Kier alpha value is -0.830. The highest BCUT2D eigenvalue weighted by molar-refractivity contribution is 7.90. The van der Waals surface area contributed by atoms with Crippen molar-refractivity contribution in [3.05, 3.63) is 0 Å². The fourth-order valence-corrected chi connectivity index (χ4v) is 2.39. The van der Waals surface area contributed by atoms with E-state index < -0.39 is 33.5 Å². The average molecular weight is 261 g/mol. The van der Waals surface area contributed by atoms with Gasteiger partial charge in [-0.05, 0) is 19.3 Å². The first kappa shape index (κ1) is 13.2. The Bertz CT molecular complexity index is 378. The molecule has 2 atom stereocenters. The third-order valence-corrected chi connectivity index (χ3v) is 3.66. The van der Waals surface area contributed by atoms with Crippen LogP contribution in [0.2, 0.25) is 0 Å². The molecule has 0 bridgehead atoms. The van der Waals surface area contributed by atoms with Gasteiger partial charge in [0.2, 0.25) is 0 Å². The number of carboxylic acid groups (broad SMARTS) is 1. The van der Waals surface area contributed by atoms with Crippen molar-refractivity contribution in [2.24, 2.45) is 5.92 Å². The van der Waals surface area contributed by atoms with Gasteiger partial charge in [-0.15, -0.1) is 0 Å². The number of sulfonamides is 1. The van der Waals surface area contributed by atoms with Crippen molar-refractivity contribution in [1.82, 2.24) is 4.72 Å². The van der Waals surface area contributed by atoms with Crippen LogP contribution in [0.25, 0.3) is 0 Å². The molecule has 1 rings (SSSR count). The maximum Gasteiger partial charge on any atom is 0.511 e. The van der Waals surface area contributed by atoms with E-state index in [1.165, 1.54) is 4.72 Å². The van der Waals surface area contributed by atoms with E-state index in [-0.39, 0.29) is 19.3 Å². The summed E-state index contributed by atoms with van der Waals surface area (Å²) < 4.78 is 58.8. The average Bonchev–Trinajstić information content (AvgIpc) is 2.49. The van der Waals surface area contributed by atoms with Crippen LogP contribution < -0.4 is 4.72 Å². The Labute approximate surface area is 89.7 Å². The van der Waals surface area contributed by atoms with Gasteiger partial charge in [0, 0.05) is 6.04 Å². The molecule has 9 heteroatoms. The molecule has 1 fully saturated rings. The minimum Gasteiger partial charge on any atom is -0.481 e. The van der Waals surface area contributed by atoms with Gasteiger partial charge < -0.3 is 5.11 Å². The maximum absolute atomic E-state index is 12.0.